The minimum absolute atomic E-state index is 0.0241. The number of carboxylic acid groups (broad SMARTS) is 1. The molecule has 0 radical (unpaired) electrons. The second-order valence-corrected chi connectivity index (χ2v) is 9.46. The fourth-order valence-corrected chi connectivity index (χ4v) is 5.26. The molecule has 1 N–H and O–H groups in total. The van der Waals surface area contributed by atoms with E-state index < -0.39 is 5.97 Å². The Kier molecular flexibility index (Phi) is 6.55. The van der Waals surface area contributed by atoms with Crippen molar-refractivity contribution in [1.82, 2.24) is 19.9 Å². The lowest BCUT2D eigenvalue weighted by atomic mass is 9.83. The molecule has 7 nitrogen and oxygen atoms in total. The summed E-state index contributed by atoms with van der Waals surface area (Å²) in [7, 11) is 0. The maximum atomic E-state index is 13.0. The summed E-state index contributed by atoms with van der Waals surface area (Å²) in [4.78, 5) is 26.8. The molecule has 36 heavy (non-hydrogen) atoms. The van der Waals surface area contributed by atoms with E-state index >= 15 is 0 Å². The maximum absolute atomic E-state index is 13.0. The number of aliphatic carboxylic acids is 1. The van der Waals surface area contributed by atoms with Crippen molar-refractivity contribution >= 4 is 22.9 Å². The Morgan fingerprint density at radius 2 is 1.86 bits per heavy atom. The fourth-order valence-electron chi connectivity index (χ4n) is 5.26. The number of carbonyl (C=O) groups excluding carboxylic acids is 1. The second-order valence-electron chi connectivity index (χ2n) is 9.46. The van der Waals surface area contributed by atoms with E-state index in [2.05, 4.69) is 22.4 Å². The monoisotopic (exact) mass is 482 g/mol. The highest BCUT2D eigenvalue weighted by atomic mass is 16.4. The first kappa shape index (κ1) is 23.7. The Morgan fingerprint density at radius 3 is 2.61 bits per heavy atom. The normalized spacial score (nSPS) is 14.0. The molecule has 3 aromatic carbocycles. The van der Waals surface area contributed by atoms with Gasteiger partial charge >= 0.3 is 5.97 Å². The van der Waals surface area contributed by atoms with Crippen molar-refractivity contribution in [3.8, 4) is 0 Å². The van der Waals surface area contributed by atoms with Crippen LogP contribution in [-0.4, -0.2) is 43.4 Å². The summed E-state index contributed by atoms with van der Waals surface area (Å²) in [5, 5.41) is 18.4. The van der Waals surface area contributed by atoms with Gasteiger partial charge in [0.05, 0.1) is 18.4 Å². The molecule has 0 fully saturated rings. The number of aryl methyl sites for hydroxylation is 2. The highest BCUT2D eigenvalue weighted by Crippen LogP contribution is 2.35. The van der Waals surface area contributed by atoms with Crippen molar-refractivity contribution in [1.29, 1.82) is 0 Å². The maximum Gasteiger partial charge on any atom is 0.304 e. The molecule has 0 bridgehead atoms. The highest BCUT2D eigenvalue weighted by Gasteiger charge is 2.25. The lowest BCUT2D eigenvalue weighted by Crippen LogP contribution is -2.37. The molecule has 1 atom stereocenters. The molecule has 1 aliphatic rings. The van der Waals surface area contributed by atoms with Crippen LogP contribution in [0.4, 0.5) is 0 Å². The van der Waals surface area contributed by atoms with Crippen LogP contribution in [0.15, 0.2) is 60.7 Å². The third-order valence-electron chi connectivity index (χ3n) is 7.23. The third kappa shape index (κ3) is 4.61. The minimum Gasteiger partial charge on any atom is -0.481 e. The molecule has 4 aromatic rings. The number of fused-ring (bicyclic) bond motifs is 2. The lowest BCUT2D eigenvalue weighted by Gasteiger charge is -2.30. The number of hydrogen-bond acceptors (Lipinski definition) is 4. The molecule has 7 heteroatoms. The van der Waals surface area contributed by atoms with Gasteiger partial charge in [-0.1, -0.05) is 59.8 Å². The van der Waals surface area contributed by atoms with E-state index in [0.29, 0.717) is 19.5 Å². The Balaban J connectivity index is 1.45. The second kappa shape index (κ2) is 9.93. The number of carboxylic acids is 1. The average molecular weight is 483 g/mol. The van der Waals surface area contributed by atoms with Crippen molar-refractivity contribution in [3.05, 3.63) is 94.0 Å². The van der Waals surface area contributed by atoms with Crippen molar-refractivity contribution in [2.75, 3.05) is 6.54 Å². The van der Waals surface area contributed by atoms with Crippen LogP contribution in [0.3, 0.4) is 0 Å². The summed E-state index contributed by atoms with van der Waals surface area (Å²) in [6.45, 7) is 5.96. The zero-order chi connectivity index (χ0) is 25.2. The Hall–Kier alpha value is -4.00. The molecule has 5 rings (SSSR count). The SMILES string of the molecule is CCn1nnc2c(C)c([C@@H](CC(=O)O)c3ccc4c(c3)CN(C(=O)Cc3ccccc3)CC4)ccc21. The average Bonchev–Trinajstić information content (AvgIpc) is 3.32. The zero-order valence-corrected chi connectivity index (χ0v) is 20.6. The molecule has 0 saturated carbocycles. The summed E-state index contributed by atoms with van der Waals surface area (Å²) < 4.78 is 1.85. The van der Waals surface area contributed by atoms with E-state index in [1.165, 1.54) is 5.56 Å². The summed E-state index contributed by atoms with van der Waals surface area (Å²) in [5.41, 5.74) is 7.91. The van der Waals surface area contributed by atoms with Gasteiger partial charge in [0.25, 0.3) is 0 Å². The third-order valence-corrected chi connectivity index (χ3v) is 7.23. The molecule has 2 heterocycles. The van der Waals surface area contributed by atoms with Gasteiger partial charge in [-0.15, -0.1) is 5.10 Å². The van der Waals surface area contributed by atoms with Crippen LogP contribution < -0.4 is 0 Å². The van der Waals surface area contributed by atoms with Gasteiger partial charge in [0, 0.05) is 25.6 Å². The first-order valence-corrected chi connectivity index (χ1v) is 12.4. The topological polar surface area (TPSA) is 88.3 Å². The van der Waals surface area contributed by atoms with Crippen molar-refractivity contribution in [3.63, 3.8) is 0 Å². The minimum atomic E-state index is -0.853. The van der Waals surface area contributed by atoms with Gasteiger partial charge in [-0.25, -0.2) is 4.68 Å². The van der Waals surface area contributed by atoms with Crippen LogP contribution in [0.5, 0.6) is 0 Å². The van der Waals surface area contributed by atoms with E-state index in [1.807, 2.05) is 72.0 Å². The lowest BCUT2D eigenvalue weighted by molar-refractivity contribution is -0.137. The first-order valence-electron chi connectivity index (χ1n) is 12.4. The summed E-state index contributed by atoms with van der Waals surface area (Å²) >= 11 is 0. The Bertz CT molecular complexity index is 1430. The van der Waals surface area contributed by atoms with E-state index in [9.17, 15) is 14.7 Å². The van der Waals surface area contributed by atoms with E-state index in [0.717, 1.165) is 51.8 Å². The van der Waals surface area contributed by atoms with Gasteiger partial charge in [-0.2, -0.15) is 0 Å². The van der Waals surface area contributed by atoms with Gasteiger partial charge < -0.3 is 10.0 Å². The summed E-state index contributed by atoms with van der Waals surface area (Å²) in [6, 6.07) is 20.0. The van der Waals surface area contributed by atoms with Crippen LogP contribution in [-0.2, 0) is 35.5 Å². The predicted octanol–water partition coefficient (Wildman–Crippen LogP) is 4.49. The Labute approximate surface area is 210 Å². The number of aromatic nitrogens is 3. The number of amides is 1. The molecule has 1 amide bonds. The molecule has 1 aliphatic heterocycles. The van der Waals surface area contributed by atoms with Crippen molar-refractivity contribution in [2.45, 2.75) is 52.1 Å². The van der Waals surface area contributed by atoms with Crippen molar-refractivity contribution < 1.29 is 14.7 Å². The Morgan fingerprint density at radius 1 is 1.06 bits per heavy atom. The van der Waals surface area contributed by atoms with Gasteiger partial charge in [0.15, 0.2) is 0 Å². The van der Waals surface area contributed by atoms with E-state index in [4.69, 9.17) is 0 Å². The highest BCUT2D eigenvalue weighted by molar-refractivity contribution is 5.81. The van der Waals surface area contributed by atoms with Gasteiger partial charge in [-0.3, -0.25) is 9.59 Å². The molecule has 184 valence electrons. The van der Waals surface area contributed by atoms with Gasteiger partial charge in [-0.05, 0) is 59.7 Å². The number of carbonyl (C=O) groups is 2. The van der Waals surface area contributed by atoms with Crippen LogP contribution in [0, 0.1) is 6.92 Å². The fraction of sp³-hybridized carbons (Fsp3) is 0.310. The van der Waals surface area contributed by atoms with Gasteiger partial charge in [0.2, 0.25) is 5.91 Å². The summed E-state index contributed by atoms with van der Waals surface area (Å²) in [6.07, 6.45) is 1.16. The largest absolute Gasteiger partial charge is 0.481 e. The van der Waals surface area contributed by atoms with E-state index in [1.54, 1.807) is 0 Å². The number of rotatable bonds is 7. The van der Waals surface area contributed by atoms with Crippen LogP contribution in [0.25, 0.3) is 11.0 Å². The molecule has 1 aromatic heterocycles. The number of nitrogens with zero attached hydrogens (tertiary/aromatic N) is 4. The van der Waals surface area contributed by atoms with Crippen LogP contribution >= 0.6 is 0 Å². The first-order chi connectivity index (χ1) is 17.4. The predicted molar refractivity (Wildman–Crippen MR) is 138 cm³/mol. The molecule has 0 saturated heterocycles. The molecule has 0 spiro atoms. The smallest absolute Gasteiger partial charge is 0.304 e. The van der Waals surface area contributed by atoms with Crippen LogP contribution in [0.1, 0.15) is 52.6 Å². The van der Waals surface area contributed by atoms with E-state index in [-0.39, 0.29) is 18.2 Å². The standard InChI is InChI=1S/C29H30N4O3/c1-3-33-26-12-11-24(19(2)29(26)30-31-33)25(17-28(35)36)22-10-9-21-13-14-32(18-23(21)16-22)27(34)15-20-7-5-4-6-8-20/h4-12,16,25H,3,13-15,17-18H2,1-2H3,(H,35,36)/t25-/m0/s1. The number of hydrogen-bond donors (Lipinski definition) is 1. The molecular weight excluding hydrogens is 452 g/mol. The van der Waals surface area contributed by atoms with Gasteiger partial charge in [0.1, 0.15) is 5.52 Å². The zero-order valence-electron chi connectivity index (χ0n) is 20.6. The quantitative estimate of drug-likeness (QED) is 0.419. The summed E-state index contributed by atoms with van der Waals surface area (Å²) in [5.74, 6) is -1.06. The van der Waals surface area contributed by atoms with Crippen LogP contribution in [0.2, 0.25) is 0 Å². The molecular formula is C29H30N4O3. The molecule has 0 unspecified atom stereocenters. The van der Waals surface area contributed by atoms with Crippen molar-refractivity contribution in [2.24, 2.45) is 0 Å². The molecule has 0 aliphatic carbocycles. The number of benzene rings is 3.